The van der Waals surface area contributed by atoms with E-state index < -0.39 is 19.6 Å². The van der Waals surface area contributed by atoms with Gasteiger partial charge in [-0.2, -0.15) is 0 Å². The van der Waals surface area contributed by atoms with Crippen LogP contribution in [0.4, 0.5) is 0 Å². The van der Waals surface area contributed by atoms with Gasteiger partial charge in [0.2, 0.25) is 0 Å². The molecule has 29 heavy (non-hydrogen) atoms. The fourth-order valence-electron chi connectivity index (χ4n) is 8.35. The van der Waals surface area contributed by atoms with Crippen molar-refractivity contribution in [3.8, 4) is 0 Å². The van der Waals surface area contributed by atoms with E-state index >= 15 is 0 Å². The lowest BCUT2D eigenvalue weighted by atomic mass is 9.47. The van der Waals surface area contributed by atoms with Gasteiger partial charge in [0.25, 0.3) is 0 Å². The zero-order chi connectivity index (χ0) is 26.9. The second-order valence-electron chi connectivity index (χ2n) is 11.4. The molecule has 8 atom stereocenters. The molecule has 0 radical (unpaired) electrons. The second-order valence-corrected chi connectivity index (χ2v) is 11.4. The number of aliphatic hydroxyl groups excluding tert-OH is 1. The number of allylic oxidation sites excluding steroid dienone is 2. The van der Waals surface area contributed by atoms with Gasteiger partial charge in [0.15, 0.2) is 0 Å². The van der Waals surface area contributed by atoms with Crippen molar-refractivity contribution in [2.75, 3.05) is 0 Å². The van der Waals surface area contributed by atoms with Gasteiger partial charge in [-0.3, -0.25) is 0 Å². The van der Waals surface area contributed by atoms with Crippen LogP contribution in [-0.4, -0.2) is 11.2 Å². The van der Waals surface area contributed by atoms with Crippen molar-refractivity contribution >= 4 is 0 Å². The molecular weight excluding hydrogens is 352 g/mol. The average molecular weight is 406 g/mol. The molecule has 0 spiro atoms. The van der Waals surface area contributed by atoms with E-state index in [1.807, 2.05) is 0 Å². The van der Waals surface area contributed by atoms with Gasteiger partial charge in [0.05, 0.1) is 6.10 Å². The second kappa shape index (κ2) is 7.85. The van der Waals surface area contributed by atoms with Crippen molar-refractivity contribution in [3.63, 3.8) is 0 Å². The first-order valence-corrected chi connectivity index (χ1v) is 12.0. The summed E-state index contributed by atoms with van der Waals surface area (Å²) in [6.07, 6.45) is 12.0. The largest absolute Gasteiger partial charge is 0.393 e. The van der Waals surface area contributed by atoms with Gasteiger partial charge < -0.3 is 5.11 Å². The van der Waals surface area contributed by atoms with Crippen molar-refractivity contribution in [2.45, 2.75) is 105 Å². The molecule has 3 saturated carbocycles. The Bertz CT molecular complexity index is 875. The Kier molecular flexibility index (Phi) is 3.92. The van der Waals surface area contributed by atoms with Crippen LogP contribution in [-0.2, 0) is 0 Å². The lowest BCUT2D eigenvalue weighted by Crippen LogP contribution is -2.50. The van der Waals surface area contributed by atoms with Crippen molar-refractivity contribution in [2.24, 2.45) is 46.3 Å². The lowest BCUT2D eigenvalue weighted by molar-refractivity contribution is -0.0571. The highest BCUT2D eigenvalue weighted by molar-refractivity contribution is 5.25. The van der Waals surface area contributed by atoms with Gasteiger partial charge in [0, 0.05) is 9.60 Å². The molecule has 1 heteroatoms. The summed E-state index contributed by atoms with van der Waals surface area (Å²) in [7, 11) is 0. The predicted octanol–water partition coefficient (Wildman–Crippen LogP) is 7.55. The molecule has 0 aromatic heterocycles. The summed E-state index contributed by atoms with van der Waals surface area (Å²) < 4.78 is 55.0. The van der Waals surface area contributed by atoms with Crippen LogP contribution in [0.1, 0.15) is 108 Å². The zero-order valence-electron chi connectivity index (χ0n) is 25.8. The van der Waals surface area contributed by atoms with Gasteiger partial charge in [-0.1, -0.05) is 58.3 Å². The van der Waals surface area contributed by atoms with Gasteiger partial charge in [-0.15, -0.1) is 0 Å². The molecule has 6 unspecified atom stereocenters. The van der Waals surface area contributed by atoms with Crippen LogP contribution >= 0.6 is 0 Å². The average Bonchev–Trinajstić information content (AvgIpc) is 3.12. The molecule has 1 N–H and O–H groups in total. The number of hydrogen-bond acceptors (Lipinski definition) is 1. The molecule has 0 aromatic carbocycles. The normalized spacial score (nSPS) is 50.0. The Labute approximate surface area is 190 Å². The van der Waals surface area contributed by atoms with E-state index in [1.165, 1.54) is 24.8 Å². The van der Waals surface area contributed by atoms with Crippen LogP contribution in [0.25, 0.3) is 0 Å². The fourth-order valence-corrected chi connectivity index (χ4v) is 8.35. The summed E-state index contributed by atoms with van der Waals surface area (Å²) in [5.74, 6) is 0.263. The molecular formula is C28H46O. The maximum Gasteiger partial charge on any atom is 0.0577 e. The molecule has 0 heterocycles. The Balaban J connectivity index is 1.47. The Morgan fingerprint density at radius 1 is 1.24 bits per heavy atom. The number of aliphatic hydroxyl groups is 1. The minimum atomic E-state index is -2.94. The highest BCUT2D eigenvalue weighted by Gasteiger charge is 2.59. The molecule has 3 fully saturated rings. The van der Waals surface area contributed by atoms with Crippen LogP contribution in [0.15, 0.2) is 23.8 Å². The third-order valence-electron chi connectivity index (χ3n) is 10.1. The number of fused-ring (bicyclic) bond motifs is 5. The molecule has 4 aliphatic rings. The van der Waals surface area contributed by atoms with Crippen LogP contribution in [0, 0.1) is 46.3 Å². The molecule has 0 saturated heterocycles. The Morgan fingerprint density at radius 2 is 2.03 bits per heavy atom. The smallest absolute Gasteiger partial charge is 0.0577 e. The Hall–Kier alpha value is -0.560. The van der Waals surface area contributed by atoms with E-state index in [1.54, 1.807) is 0 Å². The van der Waals surface area contributed by atoms with Crippen LogP contribution in [0.3, 0.4) is 0 Å². The van der Waals surface area contributed by atoms with Gasteiger partial charge in [0.1, 0.15) is 0 Å². The molecule has 4 rings (SSSR count). The summed E-state index contributed by atoms with van der Waals surface area (Å²) in [6.45, 7) is 5.10. The SMILES string of the molecule is [2H]C([2H])([2H])C([2H])(C(=C)CCC(C)C1CCC2C3CC=C4CC(O)CC[C@]4(C)C3CC[C@]12C)C([2H])([2H])[2H]. The van der Waals surface area contributed by atoms with E-state index in [0.717, 1.165) is 32.1 Å². The third-order valence-corrected chi connectivity index (χ3v) is 10.1. The molecule has 0 aromatic rings. The molecule has 164 valence electrons. The van der Waals surface area contributed by atoms with Crippen molar-refractivity contribution in [1.82, 2.24) is 0 Å². The van der Waals surface area contributed by atoms with Gasteiger partial charge >= 0.3 is 0 Å². The third kappa shape index (κ3) is 3.58. The summed E-state index contributed by atoms with van der Waals surface area (Å²) in [4.78, 5) is 0. The van der Waals surface area contributed by atoms with E-state index in [0.29, 0.717) is 36.0 Å². The molecule has 0 amide bonds. The molecule has 0 aliphatic heterocycles. The fraction of sp³-hybridized carbons (Fsp3) is 0.857. The van der Waals surface area contributed by atoms with Crippen molar-refractivity contribution in [1.29, 1.82) is 0 Å². The topological polar surface area (TPSA) is 20.2 Å². The highest BCUT2D eigenvalue weighted by Crippen LogP contribution is 2.67. The van der Waals surface area contributed by atoms with Gasteiger partial charge in [-0.05, 0) is 111 Å². The van der Waals surface area contributed by atoms with Gasteiger partial charge in [-0.25, -0.2) is 0 Å². The molecule has 4 aliphatic carbocycles. The van der Waals surface area contributed by atoms with Crippen LogP contribution in [0.2, 0.25) is 0 Å². The van der Waals surface area contributed by atoms with Crippen LogP contribution < -0.4 is 0 Å². The summed E-state index contributed by atoms with van der Waals surface area (Å²) >= 11 is 0. The minimum Gasteiger partial charge on any atom is -0.393 e. The van der Waals surface area contributed by atoms with Crippen molar-refractivity contribution < 1.29 is 14.7 Å². The number of rotatable bonds is 5. The molecule has 0 bridgehead atoms. The molecule has 1 nitrogen and oxygen atoms in total. The minimum absolute atomic E-state index is 0.00937. The highest BCUT2D eigenvalue weighted by atomic mass is 16.3. The lowest BCUT2D eigenvalue weighted by Gasteiger charge is -2.58. The first kappa shape index (κ1) is 14.5. The Morgan fingerprint density at radius 3 is 2.79 bits per heavy atom. The maximum atomic E-state index is 10.3. The number of hydrogen-bond donors (Lipinski definition) is 1. The van der Waals surface area contributed by atoms with E-state index in [-0.39, 0.29) is 28.9 Å². The first-order valence-electron chi connectivity index (χ1n) is 15.5. The monoisotopic (exact) mass is 405 g/mol. The quantitative estimate of drug-likeness (QED) is 0.468. The summed E-state index contributed by atoms with van der Waals surface area (Å²) in [5.41, 5.74) is 1.97. The van der Waals surface area contributed by atoms with E-state index in [4.69, 9.17) is 9.60 Å². The predicted molar refractivity (Wildman–Crippen MR) is 124 cm³/mol. The summed E-state index contributed by atoms with van der Waals surface area (Å²) in [6, 6.07) is 0. The summed E-state index contributed by atoms with van der Waals surface area (Å²) in [5, 5.41) is 10.3. The standard InChI is InChI=1S/C28H46O/c1-18(2)19(3)7-8-20(4)24-11-12-25-23-10-9-21-17-22(29)13-15-27(21,5)26(23)14-16-28(24,25)6/h9,18,20,22-26,29H,3,7-8,10-17H2,1-2,4-6H3/t20?,22?,23?,24?,25?,26?,27-,28+/m0/s1/i1D3,2D3,18D. The van der Waals surface area contributed by atoms with E-state index in [9.17, 15) is 5.11 Å². The van der Waals surface area contributed by atoms with E-state index in [2.05, 4.69) is 33.4 Å². The zero-order valence-corrected chi connectivity index (χ0v) is 18.8. The van der Waals surface area contributed by atoms with Crippen LogP contribution in [0.5, 0.6) is 0 Å². The van der Waals surface area contributed by atoms with Crippen molar-refractivity contribution in [3.05, 3.63) is 23.8 Å². The maximum absolute atomic E-state index is 10.3. The first-order chi connectivity index (χ1) is 16.5.